The highest BCUT2D eigenvalue weighted by Crippen LogP contribution is 2.49. The molecule has 1 amide bonds. The highest BCUT2D eigenvalue weighted by atomic mass is 35.5. The largest absolute Gasteiger partial charge is 0.336 e. The van der Waals surface area contributed by atoms with Crippen molar-refractivity contribution in [1.82, 2.24) is 0 Å². The molecule has 1 spiro atoms. The van der Waals surface area contributed by atoms with Crippen LogP contribution in [0.1, 0.15) is 16.7 Å². The Morgan fingerprint density at radius 1 is 1.13 bits per heavy atom. The number of carbonyl (C=O) groups excluding carboxylic acids is 1. The van der Waals surface area contributed by atoms with Gasteiger partial charge < -0.3 is 14.4 Å². The number of nitrogens with zero attached hydrogens (tertiary/aromatic N) is 1. The molecule has 2 aliphatic heterocycles. The number of ether oxygens (including phenoxy) is 2. The van der Waals surface area contributed by atoms with Crippen LogP contribution in [0.25, 0.3) is 0 Å². The van der Waals surface area contributed by atoms with Gasteiger partial charge in [-0.15, -0.1) is 0 Å². The minimum atomic E-state index is -1.33. The van der Waals surface area contributed by atoms with Gasteiger partial charge >= 0.3 is 0 Å². The monoisotopic (exact) mass is 329 g/mol. The predicted octanol–water partition coefficient (Wildman–Crippen LogP) is 3.39. The number of hydrogen-bond acceptors (Lipinski definition) is 3. The molecule has 2 aromatic rings. The van der Waals surface area contributed by atoms with E-state index < -0.39 is 5.79 Å². The van der Waals surface area contributed by atoms with Crippen LogP contribution in [0, 0.1) is 6.92 Å². The van der Waals surface area contributed by atoms with Gasteiger partial charge in [0.15, 0.2) is 0 Å². The zero-order valence-corrected chi connectivity index (χ0v) is 13.5. The van der Waals surface area contributed by atoms with Crippen LogP contribution in [0.15, 0.2) is 42.5 Å². The molecule has 0 N–H and O–H groups in total. The minimum absolute atomic E-state index is 0.210. The van der Waals surface area contributed by atoms with Gasteiger partial charge in [-0.25, -0.2) is 0 Å². The molecular formula is C18H16ClNO3. The number of para-hydroxylation sites is 1. The lowest BCUT2D eigenvalue weighted by Gasteiger charge is -2.22. The summed E-state index contributed by atoms with van der Waals surface area (Å²) in [6, 6.07) is 13.5. The Kier molecular flexibility index (Phi) is 3.41. The molecule has 118 valence electrons. The van der Waals surface area contributed by atoms with E-state index in [9.17, 15) is 4.79 Å². The van der Waals surface area contributed by atoms with Crippen LogP contribution in [0.5, 0.6) is 0 Å². The lowest BCUT2D eigenvalue weighted by Crippen LogP contribution is -2.40. The molecule has 0 aliphatic carbocycles. The summed E-state index contributed by atoms with van der Waals surface area (Å²) in [5.74, 6) is -1.54. The molecule has 0 bridgehead atoms. The highest BCUT2D eigenvalue weighted by molar-refractivity contribution is 6.35. The summed E-state index contributed by atoms with van der Waals surface area (Å²) in [5, 5.41) is 0.527. The molecule has 0 aromatic heterocycles. The average Bonchev–Trinajstić information content (AvgIpc) is 3.12. The van der Waals surface area contributed by atoms with Crippen molar-refractivity contribution >= 4 is 23.2 Å². The Bertz CT molecular complexity index is 766. The predicted molar refractivity (Wildman–Crippen MR) is 87.4 cm³/mol. The molecule has 4 nitrogen and oxygen atoms in total. The summed E-state index contributed by atoms with van der Waals surface area (Å²) < 4.78 is 11.4. The number of anilines is 1. The highest BCUT2D eigenvalue weighted by Gasteiger charge is 2.56. The third kappa shape index (κ3) is 2.17. The van der Waals surface area contributed by atoms with Crippen molar-refractivity contribution in [2.45, 2.75) is 19.3 Å². The maximum absolute atomic E-state index is 13.0. The third-order valence-corrected chi connectivity index (χ3v) is 4.60. The summed E-state index contributed by atoms with van der Waals surface area (Å²) >= 11 is 6.38. The van der Waals surface area contributed by atoms with Crippen LogP contribution in [0.3, 0.4) is 0 Å². The van der Waals surface area contributed by atoms with E-state index in [1.165, 1.54) is 5.56 Å². The standard InChI is InChI=1S/C18H16ClNO3/c1-12-5-7-13(8-6-12)11-20-16-14(3-2-4-15(16)19)18(17(20)21)22-9-10-23-18/h2-8H,9-11H2,1H3. The van der Waals surface area contributed by atoms with E-state index >= 15 is 0 Å². The van der Waals surface area contributed by atoms with Crippen molar-refractivity contribution in [1.29, 1.82) is 0 Å². The molecule has 1 saturated heterocycles. The van der Waals surface area contributed by atoms with E-state index in [0.29, 0.717) is 36.0 Å². The van der Waals surface area contributed by atoms with Crippen LogP contribution in [0.4, 0.5) is 5.69 Å². The fourth-order valence-electron chi connectivity index (χ4n) is 3.17. The molecule has 0 atom stereocenters. The lowest BCUT2D eigenvalue weighted by atomic mass is 10.1. The van der Waals surface area contributed by atoms with Gasteiger partial charge in [0.2, 0.25) is 0 Å². The van der Waals surface area contributed by atoms with Gasteiger partial charge in [-0.2, -0.15) is 0 Å². The van der Waals surface area contributed by atoms with Gasteiger partial charge in [0.25, 0.3) is 11.7 Å². The van der Waals surface area contributed by atoms with Gasteiger partial charge in [0, 0.05) is 5.56 Å². The number of aryl methyl sites for hydroxylation is 1. The van der Waals surface area contributed by atoms with Crippen molar-refractivity contribution in [3.63, 3.8) is 0 Å². The van der Waals surface area contributed by atoms with Crippen LogP contribution < -0.4 is 4.90 Å². The number of fused-ring (bicyclic) bond motifs is 2. The molecule has 5 heteroatoms. The van der Waals surface area contributed by atoms with Crippen LogP contribution in [0.2, 0.25) is 5.02 Å². The molecule has 0 radical (unpaired) electrons. The van der Waals surface area contributed by atoms with E-state index in [-0.39, 0.29) is 5.91 Å². The third-order valence-electron chi connectivity index (χ3n) is 4.29. The first kappa shape index (κ1) is 14.7. The first-order chi connectivity index (χ1) is 11.1. The van der Waals surface area contributed by atoms with E-state index in [1.807, 2.05) is 43.3 Å². The first-order valence-corrected chi connectivity index (χ1v) is 7.94. The Labute approximate surface area is 139 Å². The zero-order chi connectivity index (χ0) is 16.0. The normalized spacial score (nSPS) is 18.7. The zero-order valence-electron chi connectivity index (χ0n) is 12.7. The fourth-order valence-corrected chi connectivity index (χ4v) is 3.44. The Balaban J connectivity index is 1.79. The molecule has 2 aromatic carbocycles. The number of rotatable bonds is 2. The molecular weight excluding hydrogens is 314 g/mol. The van der Waals surface area contributed by atoms with Gasteiger partial charge in [-0.1, -0.05) is 53.6 Å². The number of amides is 1. The quantitative estimate of drug-likeness (QED) is 0.847. The molecule has 4 rings (SSSR count). The fraction of sp³-hybridized carbons (Fsp3) is 0.278. The maximum atomic E-state index is 13.0. The van der Waals surface area contributed by atoms with Crippen LogP contribution in [-0.4, -0.2) is 19.1 Å². The van der Waals surface area contributed by atoms with Gasteiger partial charge in [-0.05, 0) is 18.6 Å². The minimum Gasteiger partial charge on any atom is -0.336 e. The smallest absolute Gasteiger partial charge is 0.292 e. The maximum Gasteiger partial charge on any atom is 0.292 e. The van der Waals surface area contributed by atoms with Crippen molar-refractivity contribution in [2.24, 2.45) is 0 Å². The van der Waals surface area contributed by atoms with E-state index in [2.05, 4.69) is 0 Å². The van der Waals surface area contributed by atoms with Crippen molar-refractivity contribution < 1.29 is 14.3 Å². The van der Waals surface area contributed by atoms with E-state index in [0.717, 1.165) is 5.56 Å². The van der Waals surface area contributed by atoms with Crippen molar-refractivity contribution in [2.75, 3.05) is 18.1 Å². The molecule has 23 heavy (non-hydrogen) atoms. The Morgan fingerprint density at radius 3 is 2.52 bits per heavy atom. The van der Waals surface area contributed by atoms with Gasteiger partial charge in [-0.3, -0.25) is 4.79 Å². The lowest BCUT2D eigenvalue weighted by molar-refractivity contribution is -0.180. The first-order valence-electron chi connectivity index (χ1n) is 7.56. The van der Waals surface area contributed by atoms with Crippen molar-refractivity contribution in [3.8, 4) is 0 Å². The molecule has 0 saturated carbocycles. The second-order valence-corrected chi connectivity index (χ2v) is 6.23. The molecule has 1 fully saturated rings. The van der Waals surface area contributed by atoms with Crippen LogP contribution >= 0.6 is 11.6 Å². The van der Waals surface area contributed by atoms with E-state index in [4.69, 9.17) is 21.1 Å². The Hall–Kier alpha value is -1.88. The molecule has 0 unspecified atom stereocenters. The topological polar surface area (TPSA) is 38.8 Å². The van der Waals surface area contributed by atoms with Crippen LogP contribution in [-0.2, 0) is 26.6 Å². The second-order valence-electron chi connectivity index (χ2n) is 5.83. The van der Waals surface area contributed by atoms with Gasteiger partial charge in [0.05, 0.1) is 30.5 Å². The number of halogens is 1. The number of hydrogen-bond donors (Lipinski definition) is 0. The summed E-state index contributed by atoms with van der Waals surface area (Å²) in [7, 11) is 0. The number of carbonyl (C=O) groups is 1. The second kappa shape index (κ2) is 5.34. The summed E-state index contributed by atoms with van der Waals surface area (Å²) in [5.41, 5.74) is 3.59. The summed E-state index contributed by atoms with van der Waals surface area (Å²) in [6.45, 7) is 3.27. The molecule has 2 aliphatic rings. The Morgan fingerprint density at radius 2 is 1.83 bits per heavy atom. The SMILES string of the molecule is Cc1ccc(CN2C(=O)C3(OCCO3)c3cccc(Cl)c32)cc1. The average molecular weight is 330 g/mol. The van der Waals surface area contributed by atoms with Gasteiger partial charge in [0.1, 0.15) is 0 Å². The summed E-state index contributed by atoms with van der Waals surface area (Å²) in [6.07, 6.45) is 0. The number of benzene rings is 2. The van der Waals surface area contributed by atoms with E-state index in [1.54, 1.807) is 11.0 Å². The summed E-state index contributed by atoms with van der Waals surface area (Å²) in [4.78, 5) is 14.7. The molecule has 2 heterocycles. The van der Waals surface area contributed by atoms with Crippen molar-refractivity contribution in [3.05, 3.63) is 64.2 Å².